The summed E-state index contributed by atoms with van der Waals surface area (Å²) in [4.78, 5) is 13.4. The van der Waals surface area contributed by atoms with Gasteiger partial charge in [-0.2, -0.15) is 0 Å². The smallest absolute Gasteiger partial charge is 0.162 e. The van der Waals surface area contributed by atoms with Crippen molar-refractivity contribution in [1.82, 2.24) is 20.3 Å². The summed E-state index contributed by atoms with van der Waals surface area (Å²) >= 11 is 0. The zero-order chi connectivity index (χ0) is 21.8. The van der Waals surface area contributed by atoms with E-state index >= 15 is 0 Å². The molecule has 160 valence electrons. The number of hydrogen-bond donors (Lipinski definition) is 2. The number of benzene rings is 1. The van der Waals surface area contributed by atoms with Gasteiger partial charge in [0.15, 0.2) is 11.5 Å². The number of ether oxygens (including phenoxy) is 3. The lowest BCUT2D eigenvalue weighted by Crippen LogP contribution is -2.20. The molecule has 3 heterocycles. The molecule has 0 atom stereocenters. The largest absolute Gasteiger partial charge is 0.493 e. The van der Waals surface area contributed by atoms with E-state index in [1.54, 1.807) is 32.8 Å². The van der Waals surface area contributed by atoms with Crippen LogP contribution in [-0.4, -0.2) is 48.9 Å². The molecule has 3 N–H and O–H groups in total. The molecule has 4 aromatic rings. The Morgan fingerprint density at radius 3 is 2.52 bits per heavy atom. The lowest BCUT2D eigenvalue weighted by Gasteiger charge is -2.12. The van der Waals surface area contributed by atoms with Crippen molar-refractivity contribution in [1.29, 1.82) is 0 Å². The van der Waals surface area contributed by atoms with Gasteiger partial charge >= 0.3 is 0 Å². The van der Waals surface area contributed by atoms with Crippen molar-refractivity contribution in [2.45, 2.75) is 6.92 Å². The van der Waals surface area contributed by atoms with Crippen LogP contribution in [0.3, 0.4) is 0 Å². The van der Waals surface area contributed by atoms with Gasteiger partial charge in [-0.3, -0.25) is 9.97 Å². The van der Waals surface area contributed by atoms with Gasteiger partial charge in [-0.15, -0.1) is 0 Å². The van der Waals surface area contributed by atoms with Crippen LogP contribution in [0, 0.1) is 0 Å². The molecular weight excluding hydrogens is 394 g/mol. The molecule has 0 saturated carbocycles. The van der Waals surface area contributed by atoms with Crippen LogP contribution in [-0.2, 0) is 0 Å². The van der Waals surface area contributed by atoms with Gasteiger partial charge in [0.2, 0.25) is 0 Å². The molecule has 0 unspecified atom stereocenters. The highest BCUT2D eigenvalue weighted by atomic mass is 16.5. The van der Waals surface area contributed by atoms with E-state index in [9.17, 15) is 0 Å². The minimum absolute atomic E-state index is 0.410. The van der Waals surface area contributed by atoms with Crippen LogP contribution in [0.25, 0.3) is 32.9 Å². The maximum atomic E-state index is 6.22. The van der Waals surface area contributed by atoms with Crippen molar-refractivity contribution < 1.29 is 14.2 Å². The predicted molar refractivity (Wildman–Crippen MR) is 122 cm³/mol. The highest BCUT2D eigenvalue weighted by Gasteiger charge is 2.14. The number of pyridine rings is 3. The minimum Gasteiger partial charge on any atom is -0.493 e. The molecule has 8 heteroatoms. The van der Waals surface area contributed by atoms with Crippen molar-refractivity contribution >= 4 is 27.5 Å². The average Bonchev–Trinajstić information content (AvgIpc) is 2.81. The first kappa shape index (κ1) is 20.6. The molecule has 0 spiro atoms. The first-order chi connectivity index (χ1) is 15.1. The van der Waals surface area contributed by atoms with Gasteiger partial charge in [0.1, 0.15) is 18.2 Å². The third-order valence-electron chi connectivity index (χ3n) is 5.02. The Bertz CT molecular complexity index is 1230. The van der Waals surface area contributed by atoms with Crippen LogP contribution in [0.15, 0.2) is 42.9 Å². The van der Waals surface area contributed by atoms with Crippen molar-refractivity contribution in [3.63, 3.8) is 0 Å². The lowest BCUT2D eigenvalue weighted by molar-refractivity contribution is 0.314. The number of nitrogens with one attached hydrogen (secondary N) is 1. The molecule has 0 fully saturated rings. The summed E-state index contributed by atoms with van der Waals surface area (Å²) in [6.07, 6.45) is 5.20. The Labute approximate surface area is 180 Å². The summed E-state index contributed by atoms with van der Waals surface area (Å²) in [5, 5.41) is 5.83. The predicted octanol–water partition coefficient (Wildman–Crippen LogP) is 3.43. The summed E-state index contributed by atoms with van der Waals surface area (Å²) in [7, 11) is 3.20. The summed E-state index contributed by atoms with van der Waals surface area (Å²) < 4.78 is 16.7. The van der Waals surface area contributed by atoms with Gasteiger partial charge in [-0.05, 0) is 30.1 Å². The Hall–Kier alpha value is -3.65. The van der Waals surface area contributed by atoms with Crippen molar-refractivity contribution in [2.75, 3.05) is 39.6 Å². The number of fused-ring (bicyclic) bond motifs is 3. The molecule has 0 radical (unpaired) electrons. The van der Waals surface area contributed by atoms with Crippen molar-refractivity contribution in [2.24, 2.45) is 0 Å². The molecule has 0 saturated heterocycles. The molecule has 0 amide bonds. The van der Waals surface area contributed by atoms with E-state index in [0.717, 1.165) is 46.0 Å². The van der Waals surface area contributed by atoms with E-state index in [-0.39, 0.29) is 0 Å². The van der Waals surface area contributed by atoms with Crippen molar-refractivity contribution in [3.8, 4) is 28.5 Å². The molecular formula is C23H25N5O3. The Kier molecular flexibility index (Phi) is 5.99. The molecule has 0 aliphatic heterocycles. The zero-order valence-electron chi connectivity index (χ0n) is 17.8. The maximum absolute atomic E-state index is 6.22. The number of anilines is 1. The topological polar surface area (TPSA) is 104 Å². The second-order valence-corrected chi connectivity index (χ2v) is 6.95. The van der Waals surface area contributed by atoms with Gasteiger partial charge in [-0.1, -0.05) is 6.92 Å². The maximum Gasteiger partial charge on any atom is 0.162 e. The van der Waals surface area contributed by atoms with Gasteiger partial charge < -0.3 is 25.3 Å². The summed E-state index contributed by atoms with van der Waals surface area (Å²) in [5.74, 6) is 2.33. The van der Waals surface area contributed by atoms with Gasteiger partial charge in [0.05, 0.1) is 31.6 Å². The van der Waals surface area contributed by atoms with Crippen LogP contribution >= 0.6 is 0 Å². The second-order valence-electron chi connectivity index (χ2n) is 6.95. The zero-order valence-corrected chi connectivity index (χ0v) is 17.8. The molecule has 8 nitrogen and oxygen atoms in total. The molecule has 0 aliphatic rings. The normalized spacial score (nSPS) is 11.1. The highest BCUT2D eigenvalue weighted by molar-refractivity contribution is 6.11. The first-order valence-electron chi connectivity index (χ1n) is 10.0. The summed E-state index contributed by atoms with van der Waals surface area (Å²) in [6, 6.07) is 7.65. The number of likely N-dealkylation sites (N-methyl/N-ethyl adjacent to an activating group) is 1. The standard InChI is InChI=1S/C23H25N5O3/c1-4-25-5-6-31-15-7-14(11-26-12-15)19-8-16-17-9-21(29-2)22(30-3)10-20(17)28-23(24)18(16)13-27-19/h7-13,25H,4-6H2,1-3H3,(H2,24,28). The van der Waals surface area contributed by atoms with E-state index in [2.05, 4.69) is 27.2 Å². The van der Waals surface area contributed by atoms with Crippen LogP contribution in [0.5, 0.6) is 17.2 Å². The fourth-order valence-electron chi connectivity index (χ4n) is 3.46. The summed E-state index contributed by atoms with van der Waals surface area (Å²) in [5.41, 5.74) is 8.55. The van der Waals surface area contributed by atoms with Crippen LogP contribution < -0.4 is 25.3 Å². The van der Waals surface area contributed by atoms with Gasteiger partial charge in [-0.25, -0.2) is 4.98 Å². The van der Waals surface area contributed by atoms with E-state index in [1.807, 2.05) is 24.3 Å². The lowest BCUT2D eigenvalue weighted by atomic mass is 10.0. The van der Waals surface area contributed by atoms with E-state index in [0.29, 0.717) is 29.7 Å². The summed E-state index contributed by atoms with van der Waals surface area (Å²) in [6.45, 7) is 4.31. The number of hydrogen-bond acceptors (Lipinski definition) is 8. The number of aromatic nitrogens is 3. The van der Waals surface area contributed by atoms with Crippen molar-refractivity contribution in [3.05, 3.63) is 42.9 Å². The number of nitrogens with two attached hydrogens (primary N) is 1. The second kappa shape index (κ2) is 9.01. The Balaban J connectivity index is 1.79. The highest BCUT2D eigenvalue weighted by Crippen LogP contribution is 2.37. The number of methoxy groups -OCH3 is 2. The molecule has 0 aliphatic carbocycles. The first-order valence-corrected chi connectivity index (χ1v) is 10.0. The molecule has 31 heavy (non-hydrogen) atoms. The average molecular weight is 419 g/mol. The fourth-order valence-corrected chi connectivity index (χ4v) is 3.46. The van der Waals surface area contributed by atoms with Crippen LogP contribution in [0.1, 0.15) is 6.92 Å². The van der Waals surface area contributed by atoms with Crippen LogP contribution in [0.2, 0.25) is 0 Å². The number of rotatable bonds is 8. The Morgan fingerprint density at radius 1 is 0.935 bits per heavy atom. The minimum atomic E-state index is 0.410. The fraction of sp³-hybridized carbons (Fsp3) is 0.261. The third kappa shape index (κ3) is 4.15. The van der Waals surface area contributed by atoms with Gasteiger partial charge in [0.25, 0.3) is 0 Å². The third-order valence-corrected chi connectivity index (χ3v) is 5.02. The SMILES string of the molecule is CCNCCOc1cncc(-c2cc3c(cn2)c(N)nc2cc(OC)c(OC)cc23)c1. The number of nitrogen functional groups attached to an aromatic ring is 1. The molecule has 0 bridgehead atoms. The van der Waals surface area contributed by atoms with Crippen LogP contribution in [0.4, 0.5) is 5.82 Å². The monoisotopic (exact) mass is 419 g/mol. The number of nitrogens with zero attached hydrogens (tertiary/aromatic N) is 3. The van der Waals surface area contributed by atoms with E-state index in [1.165, 1.54) is 0 Å². The van der Waals surface area contributed by atoms with E-state index in [4.69, 9.17) is 19.9 Å². The van der Waals surface area contributed by atoms with E-state index < -0.39 is 0 Å². The molecule has 3 aromatic heterocycles. The molecule has 1 aromatic carbocycles. The Morgan fingerprint density at radius 2 is 1.74 bits per heavy atom. The quantitative estimate of drug-likeness (QED) is 0.331. The van der Waals surface area contributed by atoms with Gasteiger partial charge in [0, 0.05) is 41.3 Å². The molecule has 4 rings (SSSR count).